The number of carbonyl (C=O) groups is 1. The Bertz CT molecular complexity index is 1330. The summed E-state index contributed by atoms with van der Waals surface area (Å²) in [5, 5.41) is 3.74. The van der Waals surface area contributed by atoms with E-state index in [0.29, 0.717) is 39.4 Å². The van der Waals surface area contributed by atoms with E-state index in [1.54, 1.807) is 79.9 Å². The molecule has 0 spiro atoms. The Morgan fingerprint density at radius 1 is 1.03 bits per heavy atom. The molecule has 1 heterocycles. The number of ether oxygens (including phenoxy) is 2. The fourth-order valence-corrected chi connectivity index (χ4v) is 3.51. The van der Waals surface area contributed by atoms with E-state index in [-0.39, 0.29) is 22.8 Å². The summed E-state index contributed by atoms with van der Waals surface area (Å²) in [4.78, 5) is 26.3. The third kappa shape index (κ3) is 4.86. The van der Waals surface area contributed by atoms with Gasteiger partial charge in [0.2, 0.25) is 11.2 Å². The van der Waals surface area contributed by atoms with Crippen molar-refractivity contribution in [2.75, 3.05) is 12.4 Å². The first-order chi connectivity index (χ1) is 16.0. The molecule has 0 fully saturated rings. The van der Waals surface area contributed by atoms with E-state index >= 15 is 0 Å². The summed E-state index contributed by atoms with van der Waals surface area (Å²) >= 11 is 6.03. The molecule has 0 bridgehead atoms. The summed E-state index contributed by atoms with van der Waals surface area (Å²) in [6.45, 7) is 1.81. The van der Waals surface area contributed by atoms with Crippen molar-refractivity contribution in [3.05, 3.63) is 88.0 Å². The number of hydrogen-bond acceptors (Lipinski definition) is 5. The minimum atomic E-state index is -0.915. The van der Waals surface area contributed by atoms with Gasteiger partial charge in [-0.05, 0) is 67.1 Å². The predicted molar refractivity (Wildman–Crippen MR) is 129 cm³/mol. The number of hydrogen-bond donors (Lipinski definition) is 1. The number of halogens is 1. The van der Waals surface area contributed by atoms with Gasteiger partial charge in [0.15, 0.2) is 11.9 Å². The van der Waals surface area contributed by atoms with Gasteiger partial charge in [-0.1, -0.05) is 30.7 Å². The van der Waals surface area contributed by atoms with Crippen LogP contribution in [0.3, 0.4) is 0 Å². The first-order valence-electron chi connectivity index (χ1n) is 10.4. The average Bonchev–Trinajstić information content (AvgIpc) is 2.84. The summed E-state index contributed by atoms with van der Waals surface area (Å²) in [7, 11) is 1.57. The number of fused-ring (bicyclic) bond motifs is 1. The van der Waals surface area contributed by atoms with Gasteiger partial charge < -0.3 is 19.2 Å². The number of nitrogens with one attached hydrogen (secondary N) is 1. The van der Waals surface area contributed by atoms with Crippen LogP contribution in [0.1, 0.15) is 13.3 Å². The first kappa shape index (κ1) is 22.4. The molecular formula is C26H22ClNO5. The summed E-state index contributed by atoms with van der Waals surface area (Å²) in [6, 6.07) is 20.7. The van der Waals surface area contributed by atoms with Crippen LogP contribution in [0.5, 0.6) is 11.5 Å². The van der Waals surface area contributed by atoms with Crippen molar-refractivity contribution in [2.24, 2.45) is 0 Å². The second kappa shape index (κ2) is 9.79. The van der Waals surface area contributed by atoms with E-state index in [1.807, 2.05) is 6.92 Å². The molecule has 1 atom stereocenters. The largest absolute Gasteiger partial charge is 0.497 e. The van der Waals surface area contributed by atoms with Gasteiger partial charge in [0.05, 0.1) is 12.5 Å². The van der Waals surface area contributed by atoms with E-state index < -0.39 is 6.10 Å². The SMILES string of the molecule is CCC(Oc1c(-c2ccc(Cl)cc2)oc2ccccc2c1=O)C(=O)Nc1ccc(OC)cc1. The van der Waals surface area contributed by atoms with Crippen LogP contribution in [-0.2, 0) is 4.79 Å². The van der Waals surface area contributed by atoms with E-state index in [1.165, 1.54) is 0 Å². The van der Waals surface area contributed by atoms with Gasteiger partial charge in [-0.3, -0.25) is 9.59 Å². The Morgan fingerprint density at radius 2 is 1.73 bits per heavy atom. The molecule has 1 unspecified atom stereocenters. The molecule has 4 aromatic rings. The van der Waals surface area contributed by atoms with Crippen molar-refractivity contribution in [2.45, 2.75) is 19.4 Å². The Hall–Kier alpha value is -3.77. The minimum absolute atomic E-state index is 0.0206. The molecule has 1 aromatic heterocycles. The summed E-state index contributed by atoms with van der Waals surface area (Å²) in [6.07, 6.45) is -0.573. The van der Waals surface area contributed by atoms with Crippen LogP contribution in [0, 0.1) is 0 Å². The average molecular weight is 464 g/mol. The Labute approximate surface area is 195 Å². The van der Waals surface area contributed by atoms with Gasteiger partial charge in [-0.15, -0.1) is 0 Å². The van der Waals surface area contributed by atoms with E-state index in [9.17, 15) is 9.59 Å². The maximum atomic E-state index is 13.3. The van der Waals surface area contributed by atoms with Crippen LogP contribution < -0.4 is 20.2 Å². The van der Waals surface area contributed by atoms with Crippen molar-refractivity contribution >= 4 is 34.2 Å². The van der Waals surface area contributed by atoms with E-state index in [4.69, 9.17) is 25.5 Å². The maximum Gasteiger partial charge on any atom is 0.265 e. The van der Waals surface area contributed by atoms with Crippen molar-refractivity contribution in [1.82, 2.24) is 0 Å². The normalized spacial score (nSPS) is 11.7. The highest BCUT2D eigenvalue weighted by Crippen LogP contribution is 2.32. The molecule has 4 rings (SSSR count). The third-order valence-electron chi connectivity index (χ3n) is 5.14. The number of para-hydroxylation sites is 1. The monoisotopic (exact) mass is 463 g/mol. The van der Waals surface area contributed by atoms with E-state index in [0.717, 1.165) is 0 Å². The van der Waals surface area contributed by atoms with Crippen LogP contribution in [0.15, 0.2) is 82.0 Å². The van der Waals surface area contributed by atoms with Gasteiger partial charge in [0, 0.05) is 16.3 Å². The maximum absolute atomic E-state index is 13.3. The molecule has 0 radical (unpaired) electrons. The minimum Gasteiger partial charge on any atom is -0.497 e. The molecule has 6 nitrogen and oxygen atoms in total. The molecule has 7 heteroatoms. The first-order valence-corrected chi connectivity index (χ1v) is 10.8. The Kier molecular flexibility index (Phi) is 6.66. The zero-order chi connectivity index (χ0) is 23.4. The lowest BCUT2D eigenvalue weighted by Gasteiger charge is -2.19. The molecule has 33 heavy (non-hydrogen) atoms. The van der Waals surface area contributed by atoms with Crippen molar-refractivity contribution in [1.29, 1.82) is 0 Å². The molecule has 1 N–H and O–H groups in total. The van der Waals surface area contributed by atoms with Crippen LogP contribution in [0.2, 0.25) is 5.02 Å². The highest BCUT2D eigenvalue weighted by molar-refractivity contribution is 6.30. The second-order valence-corrected chi connectivity index (χ2v) is 7.76. The molecule has 0 aliphatic heterocycles. The van der Waals surface area contributed by atoms with Gasteiger partial charge in [-0.25, -0.2) is 0 Å². The lowest BCUT2D eigenvalue weighted by molar-refractivity contribution is -0.122. The van der Waals surface area contributed by atoms with Gasteiger partial charge in [-0.2, -0.15) is 0 Å². The van der Waals surface area contributed by atoms with Gasteiger partial charge in [0.1, 0.15) is 11.3 Å². The quantitative estimate of drug-likeness (QED) is 0.368. The smallest absolute Gasteiger partial charge is 0.265 e. The predicted octanol–water partition coefficient (Wildman–Crippen LogP) is 5.92. The second-order valence-electron chi connectivity index (χ2n) is 7.32. The van der Waals surface area contributed by atoms with Gasteiger partial charge in [0.25, 0.3) is 5.91 Å². The standard InChI is InChI=1S/C26H22ClNO5/c1-3-21(26(30)28-18-12-14-19(31-2)15-13-18)32-25-23(29)20-6-4-5-7-22(20)33-24(25)16-8-10-17(27)11-9-16/h4-15,21H,3H2,1-2H3,(H,28,30). The number of amides is 1. The van der Waals surface area contributed by atoms with Crippen LogP contribution >= 0.6 is 11.6 Å². The molecule has 1 amide bonds. The number of carbonyl (C=O) groups excluding carboxylic acids is 1. The molecular weight excluding hydrogens is 442 g/mol. The fraction of sp³-hybridized carbons (Fsp3) is 0.154. The number of anilines is 1. The van der Waals surface area contributed by atoms with Gasteiger partial charge >= 0.3 is 0 Å². The highest BCUT2D eigenvalue weighted by Gasteiger charge is 2.25. The van der Waals surface area contributed by atoms with Crippen molar-refractivity contribution in [3.63, 3.8) is 0 Å². The van der Waals surface area contributed by atoms with Crippen LogP contribution in [0.25, 0.3) is 22.3 Å². The number of rotatable bonds is 7. The molecule has 0 aliphatic carbocycles. The topological polar surface area (TPSA) is 77.8 Å². The number of methoxy groups -OCH3 is 1. The molecule has 0 aliphatic rings. The highest BCUT2D eigenvalue weighted by atomic mass is 35.5. The third-order valence-corrected chi connectivity index (χ3v) is 5.40. The van der Waals surface area contributed by atoms with E-state index in [2.05, 4.69) is 5.32 Å². The summed E-state index contributed by atoms with van der Waals surface area (Å²) < 4.78 is 17.2. The van der Waals surface area contributed by atoms with Crippen molar-refractivity contribution in [3.8, 4) is 22.8 Å². The van der Waals surface area contributed by atoms with Crippen LogP contribution in [0.4, 0.5) is 5.69 Å². The molecule has 0 saturated heterocycles. The summed E-state index contributed by atoms with van der Waals surface area (Å²) in [5.74, 6) is 0.522. The Morgan fingerprint density at radius 3 is 2.39 bits per heavy atom. The van der Waals surface area contributed by atoms with Crippen LogP contribution in [-0.4, -0.2) is 19.1 Å². The lowest BCUT2D eigenvalue weighted by atomic mass is 10.1. The zero-order valence-corrected chi connectivity index (χ0v) is 18.9. The lowest BCUT2D eigenvalue weighted by Crippen LogP contribution is -2.34. The van der Waals surface area contributed by atoms with Crippen molar-refractivity contribution < 1.29 is 18.7 Å². The number of benzene rings is 3. The molecule has 0 saturated carbocycles. The Balaban J connectivity index is 1.71. The molecule has 3 aromatic carbocycles. The summed E-state index contributed by atoms with van der Waals surface area (Å²) in [5.41, 5.74) is 1.28. The zero-order valence-electron chi connectivity index (χ0n) is 18.1. The molecule has 168 valence electrons. The fourth-order valence-electron chi connectivity index (χ4n) is 3.38.